The Balaban J connectivity index is 2.47. The van der Waals surface area contributed by atoms with Crippen LogP contribution >= 0.6 is 59.1 Å². The van der Waals surface area contributed by atoms with Gasteiger partial charge < -0.3 is 4.74 Å². The van der Waals surface area contributed by atoms with Gasteiger partial charge in [0.2, 0.25) is 0 Å². The quantitative estimate of drug-likeness (QED) is 0.571. The van der Waals surface area contributed by atoms with E-state index in [-0.39, 0.29) is 11.4 Å². The third-order valence-corrected chi connectivity index (χ3v) is 4.69. The first kappa shape index (κ1) is 14.9. The van der Waals surface area contributed by atoms with Gasteiger partial charge in [0.25, 0.3) is 0 Å². The van der Waals surface area contributed by atoms with E-state index in [1.54, 1.807) is 0 Å². The van der Waals surface area contributed by atoms with Gasteiger partial charge in [-0.3, -0.25) is 0 Å². The van der Waals surface area contributed by atoms with Crippen molar-refractivity contribution >= 4 is 59.1 Å². The average molecular weight is 447 g/mol. The molecule has 0 aromatic carbocycles. The summed E-state index contributed by atoms with van der Waals surface area (Å²) in [5, 5.41) is 0. The van der Waals surface area contributed by atoms with E-state index in [0.29, 0.717) is 0 Å². The highest BCUT2D eigenvalue weighted by Crippen LogP contribution is 2.38. The summed E-state index contributed by atoms with van der Waals surface area (Å²) >= 11 is 11.4. The minimum absolute atomic E-state index is 0.0265. The molecule has 0 amide bonds. The molecule has 0 spiro atoms. The van der Waals surface area contributed by atoms with Crippen molar-refractivity contribution in [3.05, 3.63) is 19.2 Å². The molecule has 1 aromatic rings. The van der Waals surface area contributed by atoms with Gasteiger partial charge in [0, 0.05) is 0 Å². The lowest BCUT2D eigenvalue weighted by atomic mass is 10.2. The van der Waals surface area contributed by atoms with Crippen LogP contribution in [0.3, 0.4) is 0 Å². The minimum Gasteiger partial charge on any atom is -0.371 e. The second-order valence-corrected chi connectivity index (χ2v) is 7.73. The number of hydrogen-bond donors (Lipinski definition) is 0. The molecule has 1 aromatic heterocycles. The number of rotatable bonds is 4. The summed E-state index contributed by atoms with van der Waals surface area (Å²) in [5.41, 5.74) is 0.874. The van der Waals surface area contributed by atoms with Crippen LogP contribution in [0.5, 0.6) is 0 Å². The van der Waals surface area contributed by atoms with E-state index in [9.17, 15) is 13.2 Å². The molecule has 1 nitrogen and oxygen atoms in total. The van der Waals surface area contributed by atoms with Gasteiger partial charge in [-0.25, -0.2) is 0 Å². The first-order valence-electron chi connectivity index (χ1n) is 4.03. The molecular weight excluding hydrogens is 441 g/mol. The van der Waals surface area contributed by atoms with Crippen LogP contribution in [0.1, 0.15) is 10.4 Å². The second-order valence-electron chi connectivity index (χ2n) is 2.88. The Morgan fingerprint density at radius 3 is 2.44 bits per heavy atom. The summed E-state index contributed by atoms with van der Waals surface area (Å²) in [4.78, 5) is -0.258. The molecule has 0 bridgehead atoms. The van der Waals surface area contributed by atoms with E-state index in [4.69, 9.17) is 0 Å². The summed E-state index contributed by atoms with van der Waals surface area (Å²) in [6.45, 7) is -1.25. The van der Waals surface area contributed by atoms with Crippen molar-refractivity contribution in [1.82, 2.24) is 0 Å². The second kappa shape index (κ2) is 6.17. The molecule has 16 heavy (non-hydrogen) atoms. The fraction of sp³-hybridized carbons (Fsp3) is 0.500. The van der Waals surface area contributed by atoms with E-state index in [2.05, 4.69) is 52.5 Å². The normalized spacial score (nSPS) is 14.1. The van der Waals surface area contributed by atoms with E-state index in [0.717, 1.165) is 13.1 Å². The van der Waals surface area contributed by atoms with Gasteiger partial charge in [0.1, 0.15) is 6.61 Å². The molecule has 1 rings (SSSR count). The van der Waals surface area contributed by atoms with Crippen LogP contribution < -0.4 is 0 Å². The molecule has 92 valence electrons. The van der Waals surface area contributed by atoms with Crippen molar-refractivity contribution in [3.63, 3.8) is 0 Å². The monoisotopic (exact) mass is 444 g/mol. The maximum atomic E-state index is 11.8. The van der Waals surface area contributed by atoms with E-state index in [1.165, 1.54) is 11.3 Å². The highest BCUT2D eigenvalue weighted by atomic mass is 79.9. The Morgan fingerprint density at radius 2 is 2.00 bits per heavy atom. The molecule has 0 fully saturated rings. The standard InChI is InChI=1S/C8H6Br3F3OS/c9-5(2-15-3-8(12,13)14)4-1-6(10)16-7(4)11/h1,5H,2-3H2. The lowest BCUT2D eigenvalue weighted by Gasteiger charge is -2.11. The van der Waals surface area contributed by atoms with Crippen LogP contribution in [-0.2, 0) is 4.74 Å². The third-order valence-electron chi connectivity index (χ3n) is 1.55. The molecule has 0 saturated heterocycles. The highest BCUT2D eigenvalue weighted by molar-refractivity contribution is 9.12. The molecule has 8 heteroatoms. The summed E-state index contributed by atoms with van der Waals surface area (Å²) in [6, 6.07) is 1.84. The molecule has 0 N–H and O–H groups in total. The van der Waals surface area contributed by atoms with Crippen LogP contribution in [0.2, 0.25) is 0 Å². The zero-order valence-electron chi connectivity index (χ0n) is 7.65. The molecule has 0 aliphatic rings. The van der Waals surface area contributed by atoms with E-state index in [1.807, 2.05) is 6.07 Å². The highest BCUT2D eigenvalue weighted by Gasteiger charge is 2.28. The van der Waals surface area contributed by atoms with Gasteiger partial charge in [-0.2, -0.15) is 13.2 Å². The van der Waals surface area contributed by atoms with Crippen LogP contribution in [0.15, 0.2) is 13.6 Å². The van der Waals surface area contributed by atoms with Crippen LogP contribution in [0, 0.1) is 0 Å². The lowest BCUT2D eigenvalue weighted by molar-refractivity contribution is -0.173. The molecular formula is C8H6Br3F3OS. The van der Waals surface area contributed by atoms with Crippen molar-refractivity contribution in [1.29, 1.82) is 0 Å². The summed E-state index contributed by atoms with van der Waals surface area (Å²) in [5.74, 6) is 0. The number of ether oxygens (including phenoxy) is 1. The Hall–Kier alpha value is 0.890. The van der Waals surface area contributed by atoms with Gasteiger partial charge >= 0.3 is 6.18 Å². The summed E-state index contributed by atoms with van der Waals surface area (Å²) in [7, 11) is 0. The summed E-state index contributed by atoms with van der Waals surface area (Å²) in [6.07, 6.45) is -4.28. The van der Waals surface area contributed by atoms with Crippen molar-refractivity contribution in [2.75, 3.05) is 13.2 Å². The number of alkyl halides is 4. The smallest absolute Gasteiger partial charge is 0.371 e. The van der Waals surface area contributed by atoms with Gasteiger partial charge in [0.15, 0.2) is 0 Å². The van der Waals surface area contributed by atoms with Crippen molar-refractivity contribution in [3.8, 4) is 0 Å². The predicted octanol–water partition coefficient (Wildman–Crippen LogP) is 5.29. The van der Waals surface area contributed by atoms with Gasteiger partial charge in [-0.15, -0.1) is 11.3 Å². The van der Waals surface area contributed by atoms with Gasteiger partial charge in [-0.1, -0.05) is 15.9 Å². The number of halogens is 6. The maximum Gasteiger partial charge on any atom is 0.411 e. The molecule has 0 aliphatic heterocycles. The predicted molar refractivity (Wildman–Crippen MR) is 68.3 cm³/mol. The largest absolute Gasteiger partial charge is 0.411 e. The molecule has 1 unspecified atom stereocenters. The zero-order valence-corrected chi connectivity index (χ0v) is 13.2. The Kier molecular flexibility index (Phi) is 5.77. The summed E-state index contributed by atoms with van der Waals surface area (Å²) < 4.78 is 41.9. The average Bonchev–Trinajstić information content (AvgIpc) is 2.43. The molecule has 1 atom stereocenters. The van der Waals surface area contributed by atoms with E-state index >= 15 is 0 Å². The molecule has 0 saturated carbocycles. The third kappa shape index (κ3) is 5.03. The first-order chi connectivity index (χ1) is 7.29. The topological polar surface area (TPSA) is 9.23 Å². The fourth-order valence-corrected chi connectivity index (χ4v) is 4.92. The zero-order chi connectivity index (χ0) is 12.3. The molecule has 1 heterocycles. The first-order valence-corrected chi connectivity index (χ1v) is 7.34. The SMILES string of the molecule is FC(F)(F)COCC(Br)c1cc(Br)sc1Br. The van der Waals surface area contributed by atoms with Crippen molar-refractivity contribution in [2.45, 2.75) is 11.0 Å². The Labute approximate surface area is 120 Å². The number of thiophene rings is 1. The van der Waals surface area contributed by atoms with E-state index < -0.39 is 12.8 Å². The van der Waals surface area contributed by atoms with Gasteiger partial charge in [-0.05, 0) is 43.5 Å². The Morgan fingerprint density at radius 1 is 1.38 bits per heavy atom. The van der Waals surface area contributed by atoms with Crippen LogP contribution in [0.4, 0.5) is 13.2 Å². The lowest BCUT2D eigenvalue weighted by Crippen LogP contribution is -2.18. The van der Waals surface area contributed by atoms with Gasteiger partial charge in [0.05, 0.1) is 19.0 Å². The number of hydrogen-bond acceptors (Lipinski definition) is 2. The minimum atomic E-state index is -4.28. The fourth-order valence-electron chi connectivity index (χ4n) is 0.934. The van der Waals surface area contributed by atoms with Crippen molar-refractivity contribution < 1.29 is 17.9 Å². The maximum absolute atomic E-state index is 11.8. The molecule has 0 aliphatic carbocycles. The van der Waals surface area contributed by atoms with Crippen LogP contribution in [-0.4, -0.2) is 19.4 Å². The Bertz CT molecular complexity index is 353. The van der Waals surface area contributed by atoms with Crippen molar-refractivity contribution in [2.24, 2.45) is 0 Å². The molecule has 0 radical (unpaired) electrons. The van der Waals surface area contributed by atoms with Crippen LogP contribution in [0.25, 0.3) is 0 Å².